The zero-order valence-corrected chi connectivity index (χ0v) is 12.4. The van der Waals surface area contributed by atoms with Crippen molar-refractivity contribution in [3.63, 3.8) is 0 Å². The summed E-state index contributed by atoms with van der Waals surface area (Å²) in [6.07, 6.45) is 1.57. The fourth-order valence-electron chi connectivity index (χ4n) is 2.05. The van der Waals surface area contributed by atoms with E-state index in [1.165, 1.54) is 7.11 Å². The topological polar surface area (TPSA) is 64.2 Å². The van der Waals surface area contributed by atoms with Gasteiger partial charge in [0, 0.05) is 25.0 Å². The standard InChI is InChI=1S/C15H20N2O3/c1-5-17-11(2)8-13(12(17)3)9-14(10-16)15(18)20-7-6-19-4/h8-9H,5-7H2,1-4H3/b14-9+. The first-order valence-electron chi connectivity index (χ1n) is 6.49. The Morgan fingerprint density at radius 1 is 1.45 bits per heavy atom. The van der Waals surface area contributed by atoms with Gasteiger partial charge in [0.15, 0.2) is 0 Å². The number of carbonyl (C=O) groups excluding carboxylic acids is 1. The van der Waals surface area contributed by atoms with E-state index in [0.29, 0.717) is 6.61 Å². The smallest absolute Gasteiger partial charge is 0.348 e. The quantitative estimate of drug-likeness (QED) is 0.346. The highest BCUT2D eigenvalue weighted by atomic mass is 16.6. The van der Waals surface area contributed by atoms with Gasteiger partial charge in [0.05, 0.1) is 6.61 Å². The van der Waals surface area contributed by atoms with E-state index < -0.39 is 5.97 Å². The minimum atomic E-state index is -0.620. The van der Waals surface area contributed by atoms with Gasteiger partial charge >= 0.3 is 5.97 Å². The van der Waals surface area contributed by atoms with Crippen LogP contribution in [-0.4, -0.2) is 30.9 Å². The molecule has 0 spiro atoms. The molecular formula is C15H20N2O3. The highest BCUT2D eigenvalue weighted by molar-refractivity contribution is 5.98. The molecule has 0 saturated carbocycles. The number of carbonyl (C=O) groups is 1. The fraction of sp³-hybridized carbons (Fsp3) is 0.467. The predicted octanol–water partition coefficient (Wildman–Crippen LogP) is 2.22. The van der Waals surface area contributed by atoms with Crippen molar-refractivity contribution in [1.29, 1.82) is 5.26 Å². The summed E-state index contributed by atoms with van der Waals surface area (Å²) in [5, 5.41) is 9.08. The van der Waals surface area contributed by atoms with Crippen LogP contribution in [0.15, 0.2) is 11.6 Å². The van der Waals surface area contributed by atoms with Crippen LogP contribution in [0.2, 0.25) is 0 Å². The molecule has 0 aromatic carbocycles. The Kier molecular flexibility index (Phi) is 6.01. The maximum Gasteiger partial charge on any atom is 0.348 e. The van der Waals surface area contributed by atoms with Crippen molar-refractivity contribution >= 4 is 12.0 Å². The molecule has 5 nitrogen and oxygen atoms in total. The van der Waals surface area contributed by atoms with Crippen molar-refractivity contribution in [3.05, 3.63) is 28.6 Å². The number of hydrogen-bond acceptors (Lipinski definition) is 4. The number of methoxy groups -OCH3 is 1. The molecule has 0 amide bonds. The van der Waals surface area contributed by atoms with Crippen LogP contribution in [0.25, 0.3) is 6.08 Å². The molecule has 1 heterocycles. The second-order valence-electron chi connectivity index (χ2n) is 4.37. The van der Waals surface area contributed by atoms with Crippen molar-refractivity contribution in [2.45, 2.75) is 27.3 Å². The first-order valence-corrected chi connectivity index (χ1v) is 6.49. The van der Waals surface area contributed by atoms with Gasteiger partial charge in [0.2, 0.25) is 0 Å². The van der Waals surface area contributed by atoms with Crippen LogP contribution in [0.4, 0.5) is 0 Å². The second-order valence-corrected chi connectivity index (χ2v) is 4.37. The van der Waals surface area contributed by atoms with Crippen LogP contribution in [-0.2, 0) is 20.8 Å². The zero-order chi connectivity index (χ0) is 15.1. The Balaban J connectivity index is 2.95. The Bertz CT molecular complexity index is 550. The first kappa shape index (κ1) is 16.0. The number of ether oxygens (including phenoxy) is 2. The third kappa shape index (κ3) is 3.72. The van der Waals surface area contributed by atoms with Crippen LogP contribution in [0.5, 0.6) is 0 Å². The van der Waals surface area contributed by atoms with Gasteiger partial charge in [-0.1, -0.05) is 0 Å². The van der Waals surface area contributed by atoms with Gasteiger partial charge in [-0.25, -0.2) is 4.79 Å². The fourth-order valence-corrected chi connectivity index (χ4v) is 2.05. The van der Waals surface area contributed by atoms with Gasteiger partial charge in [-0.05, 0) is 38.5 Å². The lowest BCUT2D eigenvalue weighted by Crippen LogP contribution is -2.11. The van der Waals surface area contributed by atoms with Crippen molar-refractivity contribution < 1.29 is 14.3 Å². The molecule has 0 aliphatic carbocycles. The van der Waals surface area contributed by atoms with E-state index in [0.717, 1.165) is 23.5 Å². The van der Waals surface area contributed by atoms with Crippen molar-refractivity contribution in [2.24, 2.45) is 0 Å². The molecule has 0 aliphatic heterocycles. The highest BCUT2D eigenvalue weighted by Gasteiger charge is 2.13. The van der Waals surface area contributed by atoms with Crippen LogP contribution < -0.4 is 0 Å². The number of nitriles is 1. The minimum absolute atomic E-state index is 0.00236. The van der Waals surface area contributed by atoms with Crippen LogP contribution >= 0.6 is 0 Å². The molecule has 0 unspecified atom stereocenters. The number of nitrogens with zero attached hydrogens (tertiary/aromatic N) is 2. The molecule has 5 heteroatoms. The molecule has 108 valence electrons. The maximum absolute atomic E-state index is 11.8. The third-order valence-electron chi connectivity index (χ3n) is 3.09. The predicted molar refractivity (Wildman–Crippen MR) is 76.0 cm³/mol. The normalized spacial score (nSPS) is 11.2. The number of aromatic nitrogens is 1. The Morgan fingerprint density at radius 3 is 2.65 bits per heavy atom. The lowest BCUT2D eigenvalue weighted by atomic mass is 10.1. The Morgan fingerprint density at radius 2 is 2.15 bits per heavy atom. The van der Waals surface area contributed by atoms with E-state index in [2.05, 4.69) is 11.5 Å². The van der Waals surface area contributed by atoms with E-state index in [9.17, 15) is 4.79 Å². The summed E-state index contributed by atoms with van der Waals surface area (Å²) in [5.41, 5.74) is 2.99. The SMILES string of the molecule is CCn1c(C)cc(/C=C(\C#N)C(=O)OCCOC)c1C. The number of esters is 1. The van der Waals surface area contributed by atoms with Gasteiger partial charge in [0.1, 0.15) is 18.2 Å². The van der Waals surface area contributed by atoms with Gasteiger partial charge in [0.25, 0.3) is 0 Å². The number of rotatable bonds is 6. The van der Waals surface area contributed by atoms with Gasteiger partial charge < -0.3 is 14.0 Å². The van der Waals surface area contributed by atoms with Crippen LogP contribution in [0.1, 0.15) is 23.9 Å². The Labute approximate surface area is 119 Å². The average Bonchev–Trinajstić information content (AvgIpc) is 2.70. The largest absolute Gasteiger partial charge is 0.459 e. The second kappa shape index (κ2) is 7.51. The highest BCUT2D eigenvalue weighted by Crippen LogP contribution is 2.18. The molecule has 1 rings (SSSR count). The molecule has 0 radical (unpaired) electrons. The van der Waals surface area contributed by atoms with Gasteiger partial charge in [-0.2, -0.15) is 5.26 Å². The summed E-state index contributed by atoms with van der Waals surface area (Å²) >= 11 is 0. The Hall–Kier alpha value is -2.06. The zero-order valence-electron chi connectivity index (χ0n) is 12.4. The van der Waals surface area contributed by atoms with E-state index in [1.807, 2.05) is 26.0 Å². The molecule has 1 aromatic rings. The van der Waals surface area contributed by atoms with E-state index in [1.54, 1.807) is 6.08 Å². The van der Waals surface area contributed by atoms with Crippen LogP contribution in [0, 0.1) is 25.2 Å². The molecule has 0 bridgehead atoms. The summed E-state index contributed by atoms with van der Waals surface area (Å²) in [4.78, 5) is 11.8. The summed E-state index contributed by atoms with van der Waals surface area (Å²) < 4.78 is 11.9. The van der Waals surface area contributed by atoms with E-state index >= 15 is 0 Å². The summed E-state index contributed by atoms with van der Waals surface area (Å²) in [5.74, 6) is -0.620. The number of aryl methyl sites for hydroxylation is 1. The summed E-state index contributed by atoms with van der Waals surface area (Å²) in [6.45, 7) is 7.32. The van der Waals surface area contributed by atoms with Crippen molar-refractivity contribution in [1.82, 2.24) is 4.57 Å². The molecule has 0 saturated heterocycles. The molecule has 1 aromatic heterocycles. The lowest BCUT2D eigenvalue weighted by Gasteiger charge is -2.05. The van der Waals surface area contributed by atoms with Gasteiger partial charge in [-0.3, -0.25) is 0 Å². The first-order chi connectivity index (χ1) is 9.54. The van der Waals surface area contributed by atoms with Crippen molar-refractivity contribution in [3.8, 4) is 6.07 Å². The van der Waals surface area contributed by atoms with E-state index in [4.69, 9.17) is 14.7 Å². The molecule has 0 aliphatic rings. The van der Waals surface area contributed by atoms with Crippen molar-refractivity contribution in [2.75, 3.05) is 20.3 Å². The maximum atomic E-state index is 11.8. The molecule has 0 atom stereocenters. The van der Waals surface area contributed by atoms with Crippen LogP contribution in [0.3, 0.4) is 0 Å². The molecule has 20 heavy (non-hydrogen) atoms. The number of hydrogen-bond donors (Lipinski definition) is 0. The molecule has 0 fully saturated rings. The minimum Gasteiger partial charge on any atom is -0.459 e. The monoisotopic (exact) mass is 276 g/mol. The van der Waals surface area contributed by atoms with Gasteiger partial charge in [-0.15, -0.1) is 0 Å². The average molecular weight is 276 g/mol. The third-order valence-corrected chi connectivity index (χ3v) is 3.09. The molecular weight excluding hydrogens is 256 g/mol. The van der Waals surface area contributed by atoms with E-state index in [-0.39, 0.29) is 12.2 Å². The summed E-state index contributed by atoms with van der Waals surface area (Å²) in [7, 11) is 1.52. The summed E-state index contributed by atoms with van der Waals surface area (Å²) in [6, 6.07) is 3.84. The molecule has 0 N–H and O–H groups in total. The lowest BCUT2D eigenvalue weighted by molar-refractivity contribution is -0.139.